The summed E-state index contributed by atoms with van der Waals surface area (Å²) in [4.78, 5) is 14.2. The van der Waals surface area contributed by atoms with Crippen molar-refractivity contribution in [3.63, 3.8) is 0 Å². The number of hydrogen-bond donors (Lipinski definition) is 1. The Hall–Kier alpha value is -0.610. The van der Waals surface area contributed by atoms with Crippen LogP contribution in [0, 0.1) is 0 Å². The normalized spacial score (nSPS) is 28.7. The van der Waals surface area contributed by atoms with E-state index < -0.39 is 5.54 Å². The lowest BCUT2D eigenvalue weighted by atomic mass is 9.78. The first-order chi connectivity index (χ1) is 8.48. The van der Waals surface area contributed by atoms with E-state index in [1.165, 1.54) is 7.11 Å². The predicted molar refractivity (Wildman–Crippen MR) is 73.3 cm³/mol. The van der Waals surface area contributed by atoms with Gasteiger partial charge in [0.15, 0.2) is 0 Å². The molecular weight excluding hydrogens is 228 g/mol. The lowest BCUT2D eigenvalue weighted by Gasteiger charge is -2.42. The van der Waals surface area contributed by atoms with Crippen molar-refractivity contribution in [1.82, 2.24) is 4.90 Å². The van der Waals surface area contributed by atoms with Crippen LogP contribution >= 0.6 is 0 Å². The highest BCUT2D eigenvalue weighted by atomic mass is 16.5. The summed E-state index contributed by atoms with van der Waals surface area (Å²) in [5.41, 5.74) is 5.44. The first-order valence-corrected chi connectivity index (χ1v) is 7.07. The molecule has 0 aliphatic heterocycles. The van der Waals surface area contributed by atoms with Crippen LogP contribution in [0.25, 0.3) is 0 Å². The molecule has 1 aliphatic rings. The summed E-state index contributed by atoms with van der Waals surface area (Å²) in [6, 6.07) is 0.975. The summed E-state index contributed by atoms with van der Waals surface area (Å²) >= 11 is 0. The van der Waals surface area contributed by atoms with Crippen LogP contribution in [0.3, 0.4) is 0 Å². The number of nitrogens with two attached hydrogens (primary N) is 1. The number of esters is 1. The largest absolute Gasteiger partial charge is 0.468 e. The third-order valence-electron chi connectivity index (χ3n) is 4.45. The molecular formula is C14H28N2O2. The van der Waals surface area contributed by atoms with Gasteiger partial charge in [0.1, 0.15) is 5.54 Å². The first kappa shape index (κ1) is 15.4. The van der Waals surface area contributed by atoms with E-state index in [0.717, 1.165) is 32.1 Å². The Balaban J connectivity index is 2.71. The van der Waals surface area contributed by atoms with E-state index in [-0.39, 0.29) is 5.97 Å². The van der Waals surface area contributed by atoms with Crippen molar-refractivity contribution < 1.29 is 9.53 Å². The van der Waals surface area contributed by atoms with Crippen molar-refractivity contribution in [2.45, 2.75) is 70.0 Å². The summed E-state index contributed by atoms with van der Waals surface area (Å²) in [6.45, 7) is 4.42. The molecule has 0 aromatic heterocycles. The molecule has 0 bridgehead atoms. The molecule has 0 aromatic carbocycles. The Bertz CT molecular complexity index is 279. The monoisotopic (exact) mass is 256 g/mol. The van der Waals surface area contributed by atoms with Gasteiger partial charge in [0.2, 0.25) is 0 Å². The maximum atomic E-state index is 11.8. The molecule has 1 saturated carbocycles. The van der Waals surface area contributed by atoms with Crippen molar-refractivity contribution in [3.05, 3.63) is 0 Å². The van der Waals surface area contributed by atoms with Crippen LogP contribution in [0.2, 0.25) is 0 Å². The molecule has 4 heteroatoms. The lowest BCUT2D eigenvalue weighted by molar-refractivity contribution is -0.149. The zero-order valence-electron chi connectivity index (χ0n) is 12.2. The highest BCUT2D eigenvalue weighted by Gasteiger charge is 2.41. The Morgan fingerprint density at radius 3 is 2.61 bits per heavy atom. The van der Waals surface area contributed by atoms with Crippen LogP contribution in [0.1, 0.15) is 52.4 Å². The maximum Gasteiger partial charge on any atom is 0.325 e. The van der Waals surface area contributed by atoms with Crippen molar-refractivity contribution in [1.29, 1.82) is 0 Å². The van der Waals surface area contributed by atoms with E-state index in [2.05, 4.69) is 25.8 Å². The number of nitrogens with zero attached hydrogens (tertiary/aromatic N) is 1. The van der Waals surface area contributed by atoms with E-state index in [0.29, 0.717) is 18.5 Å². The average Bonchev–Trinajstić information content (AvgIpc) is 2.39. The second-order valence-electron chi connectivity index (χ2n) is 5.53. The summed E-state index contributed by atoms with van der Waals surface area (Å²) < 4.78 is 4.85. The molecule has 2 atom stereocenters. The molecule has 0 saturated heterocycles. The zero-order chi connectivity index (χ0) is 13.8. The number of hydrogen-bond acceptors (Lipinski definition) is 4. The summed E-state index contributed by atoms with van der Waals surface area (Å²) in [5, 5.41) is 0. The Labute approximate surface area is 111 Å². The van der Waals surface area contributed by atoms with Gasteiger partial charge in [-0.1, -0.05) is 13.8 Å². The molecule has 106 valence electrons. The van der Waals surface area contributed by atoms with E-state index >= 15 is 0 Å². The standard InChI is InChI=1S/C14H28N2O2/c1-5-11(6-2)16(3)12-8-7-9-14(15,10-12)13(17)18-4/h11-12H,5-10,15H2,1-4H3. The Morgan fingerprint density at radius 1 is 1.50 bits per heavy atom. The number of ether oxygens (including phenoxy) is 1. The molecule has 1 fully saturated rings. The SMILES string of the molecule is CCC(CC)N(C)C1CCCC(N)(C(=O)OC)C1. The quantitative estimate of drug-likeness (QED) is 0.764. The minimum atomic E-state index is -0.780. The van der Waals surface area contributed by atoms with E-state index in [9.17, 15) is 4.79 Å². The fourth-order valence-electron chi connectivity index (χ4n) is 3.18. The smallest absolute Gasteiger partial charge is 0.325 e. The van der Waals surface area contributed by atoms with Gasteiger partial charge in [-0.2, -0.15) is 0 Å². The zero-order valence-corrected chi connectivity index (χ0v) is 12.2. The number of methoxy groups -OCH3 is 1. The molecule has 0 heterocycles. The van der Waals surface area contributed by atoms with Gasteiger partial charge in [0.05, 0.1) is 7.11 Å². The first-order valence-electron chi connectivity index (χ1n) is 7.07. The molecule has 2 unspecified atom stereocenters. The van der Waals surface area contributed by atoms with E-state index in [4.69, 9.17) is 10.5 Å². The molecule has 0 radical (unpaired) electrons. The molecule has 0 aromatic rings. The fourth-order valence-corrected chi connectivity index (χ4v) is 3.18. The third kappa shape index (κ3) is 3.23. The second-order valence-corrected chi connectivity index (χ2v) is 5.53. The highest BCUT2D eigenvalue weighted by molar-refractivity contribution is 5.80. The molecule has 1 rings (SSSR count). The second kappa shape index (κ2) is 6.53. The number of carbonyl (C=O) groups is 1. The van der Waals surface area contributed by atoms with Crippen LogP contribution in [-0.2, 0) is 9.53 Å². The van der Waals surface area contributed by atoms with Crippen LogP contribution in [0.4, 0.5) is 0 Å². The van der Waals surface area contributed by atoms with Gasteiger partial charge < -0.3 is 15.4 Å². The van der Waals surface area contributed by atoms with Gasteiger partial charge in [-0.15, -0.1) is 0 Å². The molecule has 0 spiro atoms. The van der Waals surface area contributed by atoms with E-state index in [1.54, 1.807) is 0 Å². The molecule has 18 heavy (non-hydrogen) atoms. The summed E-state index contributed by atoms with van der Waals surface area (Å²) in [5.74, 6) is -0.259. The fraction of sp³-hybridized carbons (Fsp3) is 0.929. The molecule has 1 aliphatic carbocycles. The Morgan fingerprint density at radius 2 is 2.11 bits per heavy atom. The van der Waals surface area contributed by atoms with Gasteiger partial charge in [0.25, 0.3) is 0 Å². The molecule has 4 nitrogen and oxygen atoms in total. The van der Waals surface area contributed by atoms with Gasteiger partial charge >= 0.3 is 5.97 Å². The van der Waals surface area contributed by atoms with Gasteiger partial charge in [-0.05, 0) is 45.6 Å². The van der Waals surface area contributed by atoms with Crippen LogP contribution in [0.15, 0.2) is 0 Å². The van der Waals surface area contributed by atoms with Gasteiger partial charge in [0, 0.05) is 12.1 Å². The summed E-state index contributed by atoms with van der Waals surface area (Å²) in [6.07, 6.45) is 5.86. The Kier molecular flexibility index (Phi) is 5.60. The minimum absolute atomic E-state index is 0.259. The topological polar surface area (TPSA) is 55.6 Å². The molecule has 0 amide bonds. The number of rotatable bonds is 5. The minimum Gasteiger partial charge on any atom is -0.468 e. The van der Waals surface area contributed by atoms with Crippen molar-refractivity contribution in [3.8, 4) is 0 Å². The van der Waals surface area contributed by atoms with E-state index in [1.807, 2.05) is 0 Å². The highest BCUT2D eigenvalue weighted by Crippen LogP contribution is 2.31. The van der Waals surface area contributed by atoms with Crippen molar-refractivity contribution in [2.24, 2.45) is 5.73 Å². The number of carbonyl (C=O) groups excluding carboxylic acids is 1. The van der Waals surface area contributed by atoms with Crippen LogP contribution in [-0.4, -0.2) is 42.6 Å². The average molecular weight is 256 g/mol. The van der Waals surface area contributed by atoms with Crippen LogP contribution in [0.5, 0.6) is 0 Å². The van der Waals surface area contributed by atoms with Crippen molar-refractivity contribution >= 4 is 5.97 Å². The van der Waals surface area contributed by atoms with Gasteiger partial charge in [-0.3, -0.25) is 4.79 Å². The van der Waals surface area contributed by atoms with Crippen molar-refractivity contribution in [2.75, 3.05) is 14.2 Å². The van der Waals surface area contributed by atoms with Crippen LogP contribution < -0.4 is 5.73 Å². The predicted octanol–water partition coefficient (Wildman–Crippen LogP) is 1.92. The molecule has 2 N–H and O–H groups in total. The van der Waals surface area contributed by atoms with Gasteiger partial charge in [-0.25, -0.2) is 0 Å². The third-order valence-corrected chi connectivity index (χ3v) is 4.45. The maximum absolute atomic E-state index is 11.8. The lowest BCUT2D eigenvalue weighted by Crippen LogP contribution is -2.56. The summed E-state index contributed by atoms with van der Waals surface area (Å²) in [7, 11) is 3.58.